The second-order valence-electron chi connectivity index (χ2n) is 8.18. The lowest BCUT2D eigenvalue weighted by Gasteiger charge is -2.36. The molecule has 0 unspecified atom stereocenters. The second-order valence-corrected chi connectivity index (χ2v) is 10.2. The number of anilines is 3. The molecular weight excluding hydrogens is 584 g/mol. The van der Waals surface area contributed by atoms with Crippen LogP contribution in [0.15, 0.2) is 65.7 Å². The number of aromatic carboxylic acids is 1. The maximum atomic E-state index is 13.3. The van der Waals surface area contributed by atoms with Gasteiger partial charge in [-0.3, -0.25) is 4.72 Å². The zero-order valence-electron chi connectivity index (χ0n) is 20.3. The number of alkyl halides is 3. The summed E-state index contributed by atoms with van der Waals surface area (Å²) >= 11 is 5.87. The van der Waals surface area contributed by atoms with Gasteiger partial charge in [-0.25, -0.2) is 27.4 Å². The Morgan fingerprint density at radius 1 is 0.950 bits per heavy atom. The van der Waals surface area contributed by atoms with E-state index >= 15 is 0 Å². The molecule has 1 aliphatic heterocycles. The third-order valence-corrected chi connectivity index (χ3v) is 7.37. The van der Waals surface area contributed by atoms with E-state index in [0.717, 1.165) is 24.0 Å². The van der Waals surface area contributed by atoms with Crippen LogP contribution in [0.3, 0.4) is 0 Å². The van der Waals surface area contributed by atoms with Crippen LogP contribution in [0.2, 0.25) is 5.02 Å². The smallest absolute Gasteiger partial charge is 0.478 e. The van der Waals surface area contributed by atoms with Crippen LogP contribution in [-0.4, -0.2) is 67.9 Å². The van der Waals surface area contributed by atoms with Gasteiger partial charge < -0.3 is 20.0 Å². The molecule has 16 heteroatoms. The van der Waals surface area contributed by atoms with Gasteiger partial charge in [-0.2, -0.15) is 13.2 Å². The number of nitrogens with zero attached hydrogens (tertiary/aromatic N) is 3. The highest BCUT2D eigenvalue weighted by molar-refractivity contribution is 7.92. The largest absolute Gasteiger partial charge is 0.490 e. The molecule has 2 aromatic carbocycles. The van der Waals surface area contributed by atoms with Crippen LogP contribution in [-0.2, 0) is 14.8 Å². The lowest BCUT2D eigenvalue weighted by molar-refractivity contribution is -0.192. The Kier molecular flexibility index (Phi) is 9.42. The van der Waals surface area contributed by atoms with Crippen LogP contribution >= 0.6 is 11.6 Å². The molecule has 3 N–H and O–H groups in total. The Morgan fingerprint density at radius 2 is 1.57 bits per heavy atom. The van der Waals surface area contributed by atoms with Crippen LogP contribution in [0.4, 0.5) is 34.8 Å². The van der Waals surface area contributed by atoms with E-state index in [4.69, 9.17) is 21.5 Å². The van der Waals surface area contributed by atoms with Crippen molar-refractivity contribution in [3.8, 4) is 0 Å². The molecule has 0 radical (unpaired) electrons. The zero-order valence-corrected chi connectivity index (χ0v) is 21.8. The standard InChI is InChI=1S/C22H20ClFN4O4S.C2HF3O2/c23-18-13-15(24)4-7-20(18)33(31,32)26-19-6-5-16(14-17(19)22(29)30)27-9-11-28(12-10-27)21-3-1-2-8-25-21;3-2(4,5)1(6)7/h1-8,13-14,26H,9-12H2,(H,29,30);(H,6,7). The quantitative estimate of drug-likeness (QED) is 0.351. The summed E-state index contributed by atoms with van der Waals surface area (Å²) in [6.45, 7) is 2.70. The van der Waals surface area contributed by atoms with Crippen LogP contribution in [0.1, 0.15) is 10.4 Å². The molecule has 0 amide bonds. The van der Waals surface area contributed by atoms with Gasteiger partial charge in [0.2, 0.25) is 0 Å². The summed E-state index contributed by atoms with van der Waals surface area (Å²) in [7, 11) is -4.23. The molecule has 2 heterocycles. The molecule has 1 fully saturated rings. The molecule has 0 saturated carbocycles. The maximum Gasteiger partial charge on any atom is 0.490 e. The van der Waals surface area contributed by atoms with Gasteiger partial charge in [0.1, 0.15) is 16.5 Å². The monoisotopic (exact) mass is 604 g/mol. The molecule has 0 bridgehead atoms. The minimum atomic E-state index is -5.08. The molecule has 1 aliphatic rings. The number of hydrogen-bond donors (Lipinski definition) is 3. The first-order valence-electron chi connectivity index (χ1n) is 11.3. The highest BCUT2D eigenvalue weighted by Crippen LogP contribution is 2.29. The summed E-state index contributed by atoms with van der Waals surface area (Å²) in [6.07, 6.45) is -3.35. The van der Waals surface area contributed by atoms with Crippen molar-refractivity contribution in [1.82, 2.24) is 4.98 Å². The van der Waals surface area contributed by atoms with Gasteiger partial charge in [0.05, 0.1) is 16.3 Å². The van der Waals surface area contributed by atoms with Crippen molar-refractivity contribution < 1.29 is 45.8 Å². The van der Waals surface area contributed by atoms with Crippen molar-refractivity contribution in [2.75, 3.05) is 40.7 Å². The number of nitrogens with one attached hydrogen (secondary N) is 1. The molecule has 0 aliphatic carbocycles. The minimum Gasteiger partial charge on any atom is -0.478 e. The highest BCUT2D eigenvalue weighted by Gasteiger charge is 2.38. The molecule has 3 aromatic rings. The molecule has 10 nitrogen and oxygen atoms in total. The summed E-state index contributed by atoms with van der Waals surface area (Å²) in [5.41, 5.74) is 0.344. The van der Waals surface area contributed by atoms with E-state index in [0.29, 0.717) is 31.9 Å². The highest BCUT2D eigenvalue weighted by atomic mass is 35.5. The first kappa shape index (κ1) is 30.4. The number of aromatic nitrogens is 1. The molecule has 0 spiro atoms. The summed E-state index contributed by atoms with van der Waals surface area (Å²) in [5, 5.41) is 16.5. The topological polar surface area (TPSA) is 140 Å². The first-order valence-corrected chi connectivity index (χ1v) is 13.1. The number of carbonyl (C=O) groups is 2. The molecule has 1 saturated heterocycles. The lowest BCUT2D eigenvalue weighted by Crippen LogP contribution is -2.46. The SMILES string of the molecule is O=C(O)C(F)(F)F.O=C(O)c1cc(N2CCN(c3ccccn3)CC2)ccc1NS(=O)(=O)c1ccc(F)cc1Cl. The van der Waals surface area contributed by atoms with Gasteiger partial charge in [-0.15, -0.1) is 0 Å². The van der Waals surface area contributed by atoms with Gasteiger partial charge in [0.15, 0.2) is 0 Å². The summed E-state index contributed by atoms with van der Waals surface area (Å²) in [6, 6.07) is 13.1. The Hall–Kier alpha value is -4.11. The van der Waals surface area contributed by atoms with E-state index in [9.17, 15) is 35.9 Å². The number of pyridine rings is 1. The molecule has 4 rings (SSSR count). The van der Waals surface area contributed by atoms with Crippen LogP contribution in [0.5, 0.6) is 0 Å². The van der Waals surface area contributed by atoms with Gasteiger partial charge in [0.25, 0.3) is 10.0 Å². The first-order chi connectivity index (χ1) is 18.7. The molecular formula is C24H21ClF4N4O6S. The van der Waals surface area contributed by atoms with Crippen LogP contribution in [0.25, 0.3) is 0 Å². The fourth-order valence-corrected chi connectivity index (χ4v) is 5.23. The van der Waals surface area contributed by atoms with Crippen molar-refractivity contribution in [2.24, 2.45) is 0 Å². The number of hydrogen-bond acceptors (Lipinski definition) is 7. The van der Waals surface area contributed by atoms with E-state index in [1.165, 1.54) is 12.1 Å². The molecule has 214 valence electrons. The summed E-state index contributed by atoms with van der Waals surface area (Å²) < 4.78 is 72.7. The Bertz CT molecular complexity index is 1480. The van der Waals surface area contributed by atoms with E-state index in [-0.39, 0.29) is 21.2 Å². The van der Waals surface area contributed by atoms with Crippen molar-refractivity contribution in [1.29, 1.82) is 0 Å². The predicted octanol–water partition coefficient (Wildman–Crippen LogP) is 4.33. The number of halogens is 5. The number of aliphatic carboxylic acids is 1. The Morgan fingerprint density at radius 3 is 2.10 bits per heavy atom. The summed E-state index contributed by atoms with van der Waals surface area (Å²) in [5.74, 6) is -3.84. The van der Waals surface area contributed by atoms with Crippen molar-refractivity contribution >= 4 is 50.8 Å². The third-order valence-electron chi connectivity index (χ3n) is 5.52. The fourth-order valence-electron chi connectivity index (χ4n) is 3.62. The average molecular weight is 605 g/mol. The van der Waals surface area contributed by atoms with Gasteiger partial charge in [-0.1, -0.05) is 17.7 Å². The predicted molar refractivity (Wildman–Crippen MR) is 138 cm³/mol. The zero-order chi connectivity index (χ0) is 29.7. The second kappa shape index (κ2) is 12.4. The lowest BCUT2D eigenvalue weighted by atomic mass is 10.1. The number of sulfonamides is 1. The number of rotatable bonds is 6. The fraction of sp³-hybridized carbons (Fsp3) is 0.208. The van der Waals surface area contributed by atoms with Crippen LogP contribution in [0, 0.1) is 5.82 Å². The van der Waals surface area contributed by atoms with E-state index < -0.39 is 34.0 Å². The molecule has 1 aromatic heterocycles. The molecule has 40 heavy (non-hydrogen) atoms. The van der Waals surface area contributed by atoms with E-state index in [1.54, 1.807) is 12.3 Å². The number of carboxylic acids is 2. The van der Waals surface area contributed by atoms with Gasteiger partial charge >= 0.3 is 18.1 Å². The number of piperazine rings is 1. The van der Waals surface area contributed by atoms with E-state index in [1.807, 2.05) is 23.1 Å². The summed E-state index contributed by atoms with van der Waals surface area (Å²) in [4.78, 5) is 29.0. The Balaban J connectivity index is 0.000000559. The Labute approximate surface area is 230 Å². The van der Waals surface area contributed by atoms with Crippen molar-refractivity contribution in [3.63, 3.8) is 0 Å². The number of benzene rings is 2. The third kappa shape index (κ3) is 7.72. The maximum absolute atomic E-state index is 13.3. The van der Waals surface area contributed by atoms with E-state index in [2.05, 4.69) is 14.6 Å². The molecule has 0 atom stereocenters. The minimum absolute atomic E-state index is 0.112. The van der Waals surface area contributed by atoms with Crippen LogP contribution < -0.4 is 14.5 Å². The average Bonchev–Trinajstić information content (AvgIpc) is 2.89. The van der Waals surface area contributed by atoms with Crippen molar-refractivity contribution in [3.05, 3.63) is 77.2 Å². The van der Waals surface area contributed by atoms with Gasteiger partial charge in [0, 0.05) is 38.1 Å². The van der Waals surface area contributed by atoms with Crippen molar-refractivity contribution in [2.45, 2.75) is 11.1 Å². The normalized spacial score (nSPS) is 13.7. The van der Waals surface area contributed by atoms with Gasteiger partial charge in [-0.05, 0) is 48.5 Å². The number of carboxylic acid groups (broad SMARTS) is 2.